The van der Waals surface area contributed by atoms with E-state index in [1.54, 1.807) is 24.3 Å². The molecule has 1 amide bonds. The highest BCUT2D eigenvalue weighted by molar-refractivity contribution is 5.96. The monoisotopic (exact) mass is 387 g/mol. The summed E-state index contributed by atoms with van der Waals surface area (Å²) in [4.78, 5) is 25.0. The number of fused-ring (bicyclic) bond motifs is 2. The van der Waals surface area contributed by atoms with E-state index in [4.69, 9.17) is 9.15 Å². The van der Waals surface area contributed by atoms with Gasteiger partial charge in [-0.25, -0.2) is 0 Å². The lowest BCUT2D eigenvalue weighted by Crippen LogP contribution is -2.20. The van der Waals surface area contributed by atoms with Gasteiger partial charge in [-0.15, -0.1) is 0 Å². The van der Waals surface area contributed by atoms with Crippen LogP contribution in [0.2, 0.25) is 0 Å². The Hall–Kier alpha value is -3.60. The Labute approximate surface area is 167 Å². The van der Waals surface area contributed by atoms with Crippen molar-refractivity contribution in [2.45, 2.75) is 20.8 Å². The highest BCUT2D eigenvalue weighted by Gasteiger charge is 2.11. The molecule has 0 aliphatic carbocycles. The lowest BCUT2D eigenvalue weighted by atomic mass is 10.1. The van der Waals surface area contributed by atoms with Crippen molar-refractivity contribution < 1.29 is 13.9 Å². The predicted molar refractivity (Wildman–Crippen MR) is 115 cm³/mol. The summed E-state index contributed by atoms with van der Waals surface area (Å²) in [7, 11) is 0. The van der Waals surface area contributed by atoms with E-state index >= 15 is 0 Å². The summed E-state index contributed by atoms with van der Waals surface area (Å²) in [6.07, 6.45) is 0. The zero-order chi connectivity index (χ0) is 20.5. The molecule has 0 aliphatic heterocycles. The smallest absolute Gasteiger partial charge is 0.262 e. The maximum Gasteiger partial charge on any atom is 0.262 e. The summed E-state index contributed by atoms with van der Waals surface area (Å²) < 4.78 is 11.5. The Kier molecular flexibility index (Phi) is 4.80. The van der Waals surface area contributed by atoms with Gasteiger partial charge >= 0.3 is 0 Å². The molecule has 146 valence electrons. The van der Waals surface area contributed by atoms with E-state index < -0.39 is 0 Å². The van der Waals surface area contributed by atoms with Gasteiger partial charge in [0, 0.05) is 11.8 Å². The summed E-state index contributed by atoms with van der Waals surface area (Å²) in [5.41, 5.74) is 4.59. The third-order valence-corrected chi connectivity index (χ3v) is 4.93. The zero-order valence-corrected chi connectivity index (χ0v) is 16.5. The van der Waals surface area contributed by atoms with E-state index in [1.165, 1.54) is 0 Å². The van der Waals surface area contributed by atoms with Gasteiger partial charge in [-0.3, -0.25) is 9.59 Å². The molecule has 1 heterocycles. The quantitative estimate of drug-likeness (QED) is 0.506. The number of ether oxygens (including phenoxy) is 1. The predicted octanol–water partition coefficient (Wildman–Crippen LogP) is 4.89. The highest BCUT2D eigenvalue weighted by Crippen LogP contribution is 2.24. The highest BCUT2D eigenvalue weighted by atomic mass is 16.5. The molecule has 0 saturated carbocycles. The number of rotatable bonds is 4. The molecular formula is C24H21NO4. The van der Waals surface area contributed by atoms with Gasteiger partial charge in [-0.1, -0.05) is 12.1 Å². The van der Waals surface area contributed by atoms with Crippen LogP contribution in [0.15, 0.2) is 63.8 Å². The average molecular weight is 387 g/mol. The van der Waals surface area contributed by atoms with E-state index in [1.807, 2.05) is 51.1 Å². The second-order valence-corrected chi connectivity index (χ2v) is 7.23. The molecule has 0 spiro atoms. The number of aryl methyl sites for hydroxylation is 3. The Morgan fingerprint density at radius 1 is 0.931 bits per heavy atom. The van der Waals surface area contributed by atoms with Gasteiger partial charge in [0.15, 0.2) is 6.61 Å². The maximum atomic E-state index is 12.8. The number of carbonyl (C=O) groups is 1. The summed E-state index contributed by atoms with van der Waals surface area (Å²) in [5.74, 6) is 0.349. The number of carbonyl (C=O) groups excluding carboxylic acids is 1. The van der Waals surface area contributed by atoms with Crippen LogP contribution >= 0.6 is 0 Å². The van der Waals surface area contributed by atoms with Crippen molar-refractivity contribution in [1.82, 2.24) is 0 Å². The zero-order valence-electron chi connectivity index (χ0n) is 16.5. The van der Waals surface area contributed by atoms with E-state index in [0.29, 0.717) is 33.4 Å². The normalized spacial score (nSPS) is 11.0. The van der Waals surface area contributed by atoms with Crippen LogP contribution in [0.4, 0.5) is 5.69 Å². The average Bonchev–Trinajstić information content (AvgIpc) is 2.68. The maximum absolute atomic E-state index is 12.8. The van der Waals surface area contributed by atoms with E-state index in [-0.39, 0.29) is 17.9 Å². The third kappa shape index (κ3) is 3.85. The summed E-state index contributed by atoms with van der Waals surface area (Å²) in [5, 5.41) is 3.82. The largest absolute Gasteiger partial charge is 0.484 e. The first kappa shape index (κ1) is 18.7. The second kappa shape index (κ2) is 7.43. The topological polar surface area (TPSA) is 68.5 Å². The van der Waals surface area contributed by atoms with Crippen molar-refractivity contribution in [3.8, 4) is 5.75 Å². The minimum Gasteiger partial charge on any atom is -0.484 e. The molecule has 0 saturated heterocycles. The molecule has 1 aromatic heterocycles. The number of nitrogens with one attached hydrogen (secondary N) is 1. The van der Waals surface area contributed by atoms with Crippen LogP contribution in [0.3, 0.4) is 0 Å². The van der Waals surface area contributed by atoms with Gasteiger partial charge in [0.1, 0.15) is 16.9 Å². The van der Waals surface area contributed by atoms with Gasteiger partial charge in [-0.2, -0.15) is 0 Å². The molecule has 0 unspecified atom stereocenters. The first-order valence-electron chi connectivity index (χ1n) is 9.38. The van der Waals surface area contributed by atoms with Gasteiger partial charge in [-0.05, 0) is 73.9 Å². The van der Waals surface area contributed by atoms with E-state index in [9.17, 15) is 9.59 Å². The molecule has 29 heavy (non-hydrogen) atoms. The van der Waals surface area contributed by atoms with Crippen LogP contribution in [-0.2, 0) is 4.79 Å². The molecule has 4 aromatic rings. The molecule has 5 nitrogen and oxygen atoms in total. The molecule has 4 rings (SSSR count). The SMILES string of the molecule is Cc1cccc(OCC(=O)Nc2ccc3c(=O)c4cc(C)c(C)cc4oc3c2)c1. The minimum atomic E-state index is -0.291. The molecule has 5 heteroatoms. The summed E-state index contributed by atoms with van der Waals surface area (Å²) in [6.45, 7) is 5.80. The molecule has 0 radical (unpaired) electrons. The minimum absolute atomic E-state index is 0.0787. The fourth-order valence-electron chi connectivity index (χ4n) is 3.24. The molecule has 0 atom stereocenters. The molecule has 3 aromatic carbocycles. The fourth-order valence-corrected chi connectivity index (χ4v) is 3.24. The Bertz CT molecular complexity index is 1300. The Balaban J connectivity index is 1.58. The number of hydrogen-bond acceptors (Lipinski definition) is 4. The van der Waals surface area contributed by atoms with E-state index in [0.717, 1.165) is 16.7 Å². The van der Waals surface area contributed by atoms with Crippen molar-refractivity contribution in [3.63, 3.8) is 0 Å². The molecule has 0 aliphatic rings. The van der Waals surface area contributed by atoms with E-state index in [2.05, 4.69) is 5.32 Å². The fraction of sp³-hybridized carbons (Fsp3) is 0.167. The lowest BCUT2D eigenvalue weighted by Gasteiger charge is -2.09. The molecular weight excluding hydrogens is 366 g/mol. The van der Waals surface area contributed by atoms with Crippen LogP contribution in [0.25, 0.3) is 21.9 Å². The third-order valence-electron chi connectivity index (χ3n) is 4.93. The van der Waals surface area contributed by atoms with Crippen LogP contribution in [0, 0.1) is 20.8 Å². The standard InChI is InChI=1S/C24H21NO4/c1-14-5-4-6-18(9-14)28-13-23(26)25-17-7-8-19-22(12-17)29-21-11-16(3)15(2)10-20(21)24(19)27/h4-12H,13H2,1-3H3,(H,25,26). The van der Waals surface area contributed by atoms with Gasteiger partial charge in [0.25, 0.3) is 5.91 Å². The van der Waals surface area contributed by atoms with Gasteiger partial charge in [0.2, 0.25) is 5.43 Å². The van der Waals surface area contributed by atoms with Crippen LogP contribution in [0.1, 0.15) is 16.7 Å². The Morgan fingerprint density at radius 2 is 1.69 bits per heavy atom. The van der Waals surface area contributed by atoms with Crippen LogP contribution in [0.5, 0.6) is 5.75 Å². The molecule has 0 fully saturated rings. The Morgan fingerprint density at radius 3 is 2.48 bits per heavy atom. The van der Waals surface area contributed by atoms with Crippen molar-refractivity contribution in [3.05, 3.63) is 81.5 Å². The van der Waals surface area contributed by atoms with Crippen molar-refractivity contribution in [2.24, 2.45) is 0 Å². The first-order valence-corrected chi connectivity index (χ1v) is 9.38. The number of benzene rings is 3. The molecule has 1 N–H and O–H groups in total. The van der Waals surface area contributed by atoms with Crippen molar-refractivity contribution >= 4 is 33.5 Å². The number of hydrogen-bond donors (Lipinski definition) is 1. The first-order chi connectivity index (χ1) is 13.9. The number of amides is 1. The number of anilines is 1. The van der Waals surface area contributed by atoms with Crippen molar-refractivity contribution in [2.75, 3.05) is 11.9 Å². The van der Waals surface area contributed by atoms with Crippen molar-refractivity contribution in [1.29, 1.82) is 0 Å². The van der Waals surface area contributed by atoms with Gasteiger partial charge < -0.3 is 14.5 Å². The van der Waals surface area contributed by atoms with Crippen LogP contribution < -0.4 is 15.5 Å². The second-order valence-electron chi connectivity index (χ2n) is 7.23. The van der Waals surface area contributed by atoms with Crippen LogP contribution in [-0.4, -0.2) is 12.5 Å². The summed E-state index contributed by atoms with van der Waals surface area (Å²) in [6, 6.07) is 16.3. The lowest BCUT2D eigenvalue weighted by molar-refractivity contribution is -0.118. The summed E-state index contributed by atoms with van der Waals surface area (Å²) >= 11 is 0. The van der Waals surface area contributed by atoms with Gasteiger partial charge in [0.05, 0.1) is 10.8 Å². The molecule has 0 bridgehead atoms.